The van der Waals surface area contributed by atoms with Crippen LogP contribution in [0, 0.1) is 0 Å². The monoisotopic (exact) mass is 191 g/mol. The van der Waals surface area contributed by atoms with Crippen molar-refractivity contribution in [2.75, 3.05) is 7.05 Å². The van der Waals surface area contributed by atoms with Crippen molar-refractivity contribution < 1.29 is 9.53 Å². The number of carbonyl (C=O) groups is 1. The second-order valence-electron chi connectivity index (χ2n) is 3.57. The highest BCUT2D eigenvalue weighted by molar-refractivity contribution is 5.70. The Bertz CT molecular complexity index is 336. The second kappa shape index (κ2) is 3.33. The van der Waals surface area contributed by atoms with Crippen molar-refractivity contribution in [3.63, 3.8) is 0 Å². The second-order valence-corrected chi connectivity index (χ2v) is 3.57. The highest BCUT2D eigenvalue weighted by Crippen LogP contribution is 2.30. The average molecular weight is 191 g/mol. The van der Waals surface area contributed by atoms with E-state index < -0.39 is 0 Å². The van der Waals surface area contributed by atoms with Crippen LogP contribution in [0.2, 0.25) is 0 Å². The van der Waals surface area contributed by atoms with E-state index in [1.165, 1.54) is 0 Å². The third-order valence-electron chi connectivity index (χ3n) is 2.69. The molecule has 1 aromatic rings. The molecule has 1 heterocycles. The number of amides is 1. The van der Waals surface area contributed by atoms with Gasteiger partial charge in [0.2, 0.25) is 0 Å². The van der Waals surface area contributed by atoms with E-state index in [0.29, 0.717) is 0 Å². The fraction of sp³-hybridized carbons (Fsp3) is 0.364. The van der Waals surface area contributed by atoms with Gasteiger partial charge in [0.05, 0.1) is 6.04 Å². The maximum Gasteiger partial charge on any atom is 0.410 e. The predicted octanol–water partition coefficient (Wildman–Crippen LogP) is 2.20. The van der Waals surface area contributed by atoms with Crippen LogP contribution in [0.15, 0.2) is 30.3 Å². The van der Waals surface area contributed by atoms with Crippen LogP contribution in [-0.2, 0) is 4.74 Å². The smallest absolute Gasteiger partial charge is 0.410 e. The Balaban J connectivity index is 2.26. The standard InChI is InChI=1S/C11H13NO2/c1-8-10(14-11(13)12(8)2)9-6-4-3-5-7-9/h3-8,10H,1-2H3/t8-,10-/m1/s1. The lowest BCUT2D eigenvalue weighted by molar-refractivity contribution is 0.131. The van der Waals surface area contributed by atoms with Gasteiger partial charge in [0.15, 0.2) is 0 Å². The molecule has 0 radical (unpaired) electrons. The van der Waals surface area contributed by atoms with Crippen molar-refractivity contribution >= 4 is 6.09 Å². The lowest BCUT2D eigenvalue weighted by Crippen LogP contribution is -2.27. The molecule has 3 nitrogen and oxygen atoms in total. The number of hydrogen-bond donors (Lipinski definition) is 0. The molecule has 1 aliphatic rings. The molecule has 1 aliphatic heterocycles. The zero-order chi connectivity index (χ0) is 10.1. The molecule has 0 bridgehead atoms. The third kappa shape index (κ3) is 1.35. The van der Waals surface area contributed by atoms with Gasteiger partial charge in [-0.05, 0) is 12.5 Å². The Morgan fingerprint density at radius 2 is 1.93 bits per heavy atom. The SMILES string of the molecule is C[C@@H]1[C@H](c2ccccc2)OC(=O)N1C. The minimum absolute atomic E-state index is 0.102. The predicted molar refractivity (Wildman–Crippen MR) is 52.9 cm³/mol. The Labute approximate surface area is 83.3 Å². The zero-order valence-corrected chi connectivity index (χ0v) is 8.31. The number of nitrogens with zero attached hydrogens (tertiary/aromatic N) is 1. The Kier molecular flexibility index (Phi) is 2.15. The number of ether oxygens (including phenoxy) is 1. The van der Waals surface area contributed by atoms with Gasteiger partial charge in [-0.25, -0.2) is 4.79 Å². The Morgan fingerprint density at radius 3 is 2.43 bits per heavy atom. The Morgan fingerprint density at radius 1 is 1.29 bits per heavy atom. The highest BCUT2D eigenvalue weighted by atomic mass is 16.6. The lowest BCUT2D eigenvalue weighted by atomic mass is 10.0. The maximum atomic E-state index is 11.3. The molecule has 1 amide bonds. The molecule has 3 heteroatoms. The molecule has 1 fully saturated rings. The molecule has 0 spiro atoms. The molecule has 74 valence electrons. The summed E-state index contributed by atoms with van der Waals surface area (Å²) in [6.07, 6.45) is -0.375. The van der Waals surface area contributed by atoms with Gasteiger partial charge in [0.25, 0.3) is 0 Å². The van der Waals surface area contributed by atoms with Gasteiger partial charge in [0.1, 0.15) is 6.10 Å². The van der Waals surface area contributed by atoms with Gasteiger partial charge < -0.3 is 9.64 Å². The molecule has 0 unspecified atom stereocenters. The highest BCUT2D eigenvalue weighted by Gasteiger charge is 2.36. The first kappa shape index (κ1) is 9.06. The molecular formula is C11H13NO2. The Hall–Kier alpha value is -1.51. The van der Waals surface area contributed by atoms with Gasteiger partial charge in [-0.3, -0.25) is 0 Å². The largest absolute Gasteiger partial charge is 0.439 e. The van der Waals surface area contributed by atoms with E-state index in [0.717, 1.165) is 5.56 Å². The maximum absolute atomic E-state index is 11.3. The number of rotatable bonds is 1. The van der Waals surface area contributed by atoms with Gasteiger partial charge >= 0.3 is 6.09 Å². The van der Waals surface area contributed by atoms with Crippen molar-refractivity contribution in [2.24, 2.45) is 0 Å². The van der Waals surface area contributed by atoms with Crippen LogP contribution in [0.4, 0.5) is 4.79 Å². The summed E-state index contributed by atoms with van der Waals surface area (Å²) in [7, 11) is 1.76. The summed E-state index contributed by atoms with van der Waals surface area (Å²) in [5.74, 6) is 0. The quantitative estimate of drug-likeness (QED) is 0.681. The van der Waals surface area contributed by atoms with E-state index in [4.69, 9.17) is 4.74 Å². The van der Waals surface area contributed by atoms with Crippen molar-refractivity contribution in [1.29, 1.82) is 0 Å². The molecule has 2 atom stereocenters. The summed E-state index contributed by atoms with van der Waals surface area (Å²) in [5.41, 5.74) is 1.05. The summed E-state index contributed by atoms with van der Waals surface area (Å²) in [4.78, 5) is 12.9. The van der Waals surface area contributed by atoms with Crippen LogP contribution in [0.3, 0.4) is 0 Å². The fourth-order valence-electron chi connectivity index (χ4n) is 1.65. The van der Waals surface area contributed by atoms with E-state index >= 15 is 0 Å². The topological polar surface area (TPSA) is 29.5 Å². The van der Waals surface area contributed by atoms with E-state index in [2.05, 4.69) is 0 Å². The first-order valence-electron chi connectivity index (χ1n) is 4.68. The van der Waals surface area contributed by atoms with Crippen LogP contribution in [0.5, 0.6) is 0 Å². The molecule has 0 aliphatic carbocycles. The number of benzene rings is 1. The molecule has 14 heavy (non-hydrogen) atoms. The number of likely N-dealkylation sites (N-methyl/N-ethyl adjacent to an activating group) is 1. The lowest BCUT2D eigenvalue weighted by Gasteiger charge is -2.16. The van der Waals surface area contributed by atoms with Crippen molar-refractivity contribution in [3.05, 3.63) is 35.9 Å². The summed E-state index contributed by atoms with van der Waals surface area (Å²) in [6, 6.07) is 9.92. The van der Waals surface area contributed by atoms with Crippen LogP contribution < -0.4 is 0 Å². The molecule has 0 aromatic heterocycles. The normalized spacial score (nSPS) is 26.4. The van der Waals surface area contributed by atoms with Gasteiger partial charge in [-0.1, -0.05) is 30.3 Å². The van der Waals surface area contributed by atoms with Crippen molar-refractivity contribution in [2.45, 2.75) is 19.1 Å². The van der Waals surface area contributed by atoms with E-state index in [1.807, 2.05) is 37.3 Å². The number of hydrogen-bond acceptors (Lipinski definition) is 2. The molecule has 2 rings (SSSR count). The summed E-state index contributed by atoms with van der Waals surface area (Å²) >= 11 is 0. The fourth-order valence-corrected chi connectivity index (χ4v) is 1.65. The van der Waals surface area contributed by atoms with E-state index in [1.54, 1.807) is 11.9 Å². The molecule has 0 N–H and O–H groups in total. The molecular weight excluding hydrogens is 178 g/mol. The first-order valence-corrected chi connectivity index (χ1v) is 4.68. The molecule has 1 aromatic carbocycles. The van der Waals surface area contributed by atoms with Crippen LogP contribution in [0.25, 0.3) is 0 Å². The van der Waals surface area contributed by atoms with E-state index in [9.17, 15) is 4.79 Å². The average Bonchev–Trinajstić information content (AvgIpc) is 2.47. The van der Waals surface area contributed by atoms with E-state index in [-0.39, 0.29) is 18.2 Å². The zero-order valence-electron chi connectivity index (χ0n) is 8.31. The summed E-state index contributed by atoms with van der Waals surface area (Å²) < 4.78 is 5.26. The minimum atomic E-state index is -0.244. The molecule has 0 saturated carbocycles. The van der Waals surface area contributed by atoms with Crippen LogP contribution >= 0.6 is 0 Å². The number of cyclic esters (lactones) is 1. The third-order valence-corrected chi connectivity index (χ3v) is 2.69. The molecule has 1 saturated heterocycles. The minimum Gasteiger partial charge on any atom is -0.439 e. The van der Waals surface area contributed by atoms with Gasteiger partial charge in [0, 0.05) is 7.05 Å². The number of carbonyl (C=O) groups excluding carboxylic acids is 1. The van der Waals surface area contributed by atoms with Crippen LogP contribution in [-0.4, -0.2) is 24.1 Å². The van der Waals surface area contributed by atoms with Gasteiger partial charge in [-0.2, -0.15) is 0 Å². The van der Waals surface area contributed by atoms with Crippen molar-refractivity contribution in [1.82, 2.24) is 4.90 Å². The van der Waals surface area contributed by atoms with Crippen LogP contribution in [0.1, 0.15) is 18.6 Å². The first-order chi connectivity index (χ1) is 6.70. The van der Waals surface area contributed by atoms with Gasteiger partial charge in [-0.15, -0.1) is 0 Å². The summed E-state index contributed by atoms with van der Waals surface area (Å²) in [6.45, 7) is 1.99. The van der Waals surface area contributed by atoms with Crippen molar-refractivity contribution in [3.8, 4) is 0 Å². The summed E-state index contributed by atoms with van der Waals surface area (Å²) in [5, 5.41) is 0.